The molecule has 1 aliphatic heterocycles. The third-order valence-electron chi connectivity index (χ3n) is 3.06. The van der Waals surface area contributed by atoms with E-state index in [-0.39, 0.29) is 30.6 Å². The number of nitrogens with zero attached hydrogens (tertiary/aromatic N) is 2. The van der Waals surface area contributed by atoms with Crippen molar-refractivity contribution in [2.45, 2.75) is 19.0 Å². The summed E-state index contributed by atoms with van der Waals surface area (Å²) in [5, 5.41) is 2.99. The smallest absolute Gasteiger partial charge is 0.379 e. The van der Waals surface area contributed by atoms with Crippen molar-refractivity contribution in [2.75, 3.05) is 59.2 Å². The highest BCUT2D eigenvalue weighted by Crippen LogP contribution is 2.14. The van der Waals surface area contributed by atoms with Gasteiger partial charge < -0.3 is 20.5 Å². The lowest BCUT2D eigenvalue weighted by molar-refractivity contribution is -0.173. The highest BCUT2D eigenvalue weighted by Gasteiger charge is 2.27. The van der Waals surface area contributed by atoms with Gasteiger partial charge in [-0.25, -0.2) is 0 Å². The van der Waals surface area contributed by atoms with E-state index >= 15 is 0 Å². The molecule has 1 fully saturated rings. The van der Waals surface area contributed by atoms with Crippen molar-refractivity contribution in [3.8, 4) is 0 Å². The molecule has 0 radical (unpaired) electrons. The van der Waals surface area contributed by atoms with Gasteiger partial charge in [-0.15, -0.1) is 24.0 Å². The number of morpholine rings is 1. The van der Waals surface area contributed by atoms with Crippen LogP contribution in [-0.2, 0) is 9.47 Å². The molecule has 138 valence electrons. The average molecular weight is 454 g/mol. The molecule has 0 bridgehead atoms. The maximum atomic E-state index is 11.8. The number of aliphatic imine (C=N–C) groups is 1. The summed E-state index contributed by atoms with van der Waals surface area (Å²) in [5.41, 5.74) is 5.66. The fraction of sp³-hybridized carbons (Fsp3) is 0.923. The average Bonchev–Trinajstić information content (AvgIpc) is 2.47. The van der Waals surface area contributed by atoms with Crippen LogP contribution in [0.25, 0.3) is 0 Å². The Morgan fingerprint density at radius 3 is 2.61 bits per heavy atom. The zero-order valence-electron chi connectivity index (χ0n) is 13.1. The number of nitrogens with two attached hydrogens (primary N) is 1. The Labute approximate surface area is 152 Å². The van der Waals surface area contributed by atoms with Gasteiger partial charge in [-0.05, 0) is 19.4 Å². The summed E-state index contributed by atoms with van der Waals surface area (Å²) in [5.74, 6) is 0.317. The molecular formula is C13H26F3IN4O2. The van der Waals surface area contributed by atoms with Crippen LogP contribution < -0.4 is 11.1 Å². The lowest BCUT2D eigenvalue weighted by atomic mass is 10.3. The second-order valence-electron chi connectivity index (χ2n) is 5.02. The third kappa shape index (κ3) is 13.8. The van der Waals surface area contributed by atoms with Crippen molar-refractivity contribution in [2.24, 2.45) is 10.7 Å². The molecule has 0 aromatic carbocycles. The molecule has 0 unspecified atom stereocenters. The standard InChI is InChI=1S/C13H25F3N4O2.HI/c14-13(15,16)11-22-8-2-4-19-12(17)18-3-1-5-20-6-9-21-10-7-20;/h1-11H2,(H3,17,18,19);1H. The van der Waals surface area contributed by atoms with E-state index in [9.17, 15) is 13.2 Å². The van der Waals surface area contributed by atoms with Crippen LogP contribution in [0.3, 0.4) is 0 Å². The first-order valence-electron chi connectivity index (χ1n) is 7.46. The first-order valence-corrected chi connectivity index (χ1v) is 7.46. The highest BCUT2D eigenvalue weighted by molar-refractivity contribution is 14.0. The molecule has 0 atom stereocenters. The van der Waals surface area contributed by atoms with E-state index in [1.54, 1.807) is 0 Å². The molecule has 0 saturated carbocycles. The first-order chi connectivity index (χ1) is 10.5. The molecule has 0 aromatic rings. The number of rotatable bonds is 9. The van der Waals surface area contributed by atoms with Crippen LogP contribution in [0.1, 0.15) is 12.8 Å². The number of guanidine groups is 1. The summed E-state index contributed by atoms with van der Waals surface area (Å²) in [6.45, 7) is 4.34. The van der Waals surface area contributed by atoms with Crippen LogP contribution in [0.5, 0.6) is 0 Å². The summed E-state index contributed by atoms with van der Waals surface area (Å²) in [6.07, 6.45) is -2.92. The van der Waals surface area contributed by atoms with Crippen LogP contribution in [0.15, 0.2) is 4.99 Å². The molecule has 10 heteroatoms. The molecule has 0 spiro atoms. The Balaban J connectivity index is 0.00000484. The molecule has 0 aromatic heterocycles. The molecular weight excluding hydrogens is 428 g/mol. The zero-order valence-corrected chi connectivity index (χ0v) is 15.4. The van der Waals surface area contributed by atoms with Crippen LogP contribution >= 0.6 is 24.0 Å². The highest BCUT2D eigenvalue weighted by atomic mass is 127. The molecule has 3 N–H and O–H groups in total. The van der Waals surface area contributed by atoms with Gasteiger partial charge in [0.2, 0.25) is 0 Å². The minimum atomic E-state index is -4.27. The van der Waals surface area contributed by atoms with Crippen molar-refractivity contribution in [3.05, 3.63) is 0 Å². The van der Waals surface area contributed by atoms with Gasteiger partial charge in [0.15, 0.2) is 5.96 Å². The normalized spacial score (nSPS) is 16.9. The largest absolute Gasteiger partial charge is 0.411 e. The van der Waals surface area contributed by atoms with E-state index in [2.05, 4.69) is 19.9 Å². The van der Waals surface area contributed by atoms with E-state index in [1.807, 2.05) is 0 Å². The minimum absolute atomic E-state index is 0. The minimum Gasteiger partial charge on any atom is -0.379 e. The maximum absolute atomic E-state index is 11.8. The van der Waals surface area contributed by atoms with E-state index in [0.717, 1.165) is 45.8 Å². The molecule has 1 saturated heterocycles. The number of hydrogen-bond acceptors (Lipinski definition) is 4. The van der Waals surface area contributed by atoms with Crippen molar-refractivity contribution in [1.82, 2.24) is 10.2 Å². The van der Waals surface area contributed by atoms with Crippen LogP contribution in [0.2, 0.25) is 0 Å². The Morgan fingerprint density at radius 1 is 1.26 bits per heavy atom. The predicted octanol–water partition coefficient (Wildman–Crippen LogP) is 1.20. The SMILES string of the molecule is I.NC(=NCCCOCC(F)(F)F)NCCCN1CCOCC1. The monoisotopic (exact) mass is 454 g/mol. The zero-order chi connectivity index (χ0) is 16.3. The molecule has 1 rings (SSSR count). The molecule has 0 amide bonds. The molecule has 1 heterocycles. The van der Waals surface area contributed by atoms with Crippen LogP contribution in [-0.4, -0.2) is 76.2 Å². The second kappa shape index (κ2) is 13.0. The Morgan fingerprint density at radius 2 is 1.96 bits per heavy atom. The fourth-order valence-electron chi connectivity index (χ4n) is 1.95. The molecule has 6 nitrogen and oxygen atoms in total. The summed E-state index contributed by atoms with van der Waals surface area (Å²) in [6, 6.07) is 0. The van der Waals surface area contributed by atoms with Gasteiger partial charge in [0.05, 0.1) is 13.2 Å². The lowest BCUT2D eigenvalue weighted by Crippen LogP contribution is -2.39. The molecule has 23 heavy (non-hydrogen) atoms. The van der Waals surface area contributed by atoms with Gasteiger partial charge in [-0.2, -0.15) is 13.2 Å². The van der Waals surface area contributed by atoms with E-state index in [0.29, 0.717) is 18.9 Å². The Hall–Kier alpha value is -0.330. The molecule has 1 aliphatic rings. The van der Waals surface area contributed by atoms with E-state index < -0.39 is 12.8 Å². The Bertz CT molecular complexity index is 327. The number of nitrogens with one attached hydrogen (secondary N) is 1. The number of hydrogen-bond donors (Lipinski definition) is 2. The van der Waals surface area contributed by atoms with Gasteiger partial charge in [0.25, 0.3) is 0 Å². The van der Waals surface area contributed by atoms with Crippen molar-refractivity contribution >= 4 is 29.9 Å². The van der Waals surface area contributed by atoms with Crippen LogP contribution in [0.4, 0.5) is 13.2 Å². The van der Waals surface area contributed by atoms with Gasteiger partial charge in [-0.3, -0.25) is 9.89 Å². The van der Waals surface area contributed by atoms with Crippen LogP contribution in [0, 0.1) is 0 Å². The van der Waals surface area contributed by atoms with Crippen molar-refractivity contribution in [1.29, 1.82) is 0 Å². The van der Waals surface area contributed by atoms with Gasteiger partial charge in [-0.1, -0.05) is 0 Å². The third-order valence-corrected chi connectivity index (χ3v) is 3.06. The van der Waals surface area contributed by atoms with E-state index in [4.69, 9.17) is 10.5 Å². The topological polar surface area (TPSA) is 72.1 Å². The number of halogens is 4. The molecule has 0 aliphatic carbocycles. The van der Waals surface area contributed by atoms with E-state index in [1.165, 1.54) is 0 Å². The fourth-order valence-corrected chi connectivity index (χ4v) is 1.95. The van der Waals surface area contributed by atoms with Gasteiger partial charge in [0.1, 0.15) is 6.61 Å². The maximum Gasteiger partial charge on any atom is 0.411 e. The van der Waals surface area contributed by atoms with Gasteiger partial charge >= 0.3 is 6.18 Å². The van der Waals surface area contributed by atoms with Crippen molar-refractivity contribution in [3.63, 3.8) is 0 Å². The van der Waals surface area contributed by atoms with Gasteiger partial charge in [0, 0.05) is 32.8 Å². The Kier molecular flexibility index (Phi) is 12.8. The summed E-state index contributed by atoms with van der Waals surface area (Å²) >= 11 is 0. The lowest BCUT2D eigenvalue weighted by Gasteiger charge is -2.26. The first kappa shape index (κ1) is 22.7. The second-order valence-corrected chi connectivity index (χ2v) is 5.02. The summed E-state index contributed by atoms with van der Waals surface area (Å²) in [7, 11) is 0. The predicted molar refractivity (Wildman–Crippen MR) is 93.3 cm³/mol. The van der Waals surface area contributed by atoms with Crippen molar-refractivity contribution < 1.29 is 22.6 Å². The quantitative estimate of drug-likeness (QED) is 0.237. The number of alkyl halides is 3. The number of ether oxygens (including phenoxy) is 2. The summed E-state index contributed by atoms with van der Waals surface area (Å²) < 4.78 is 45.2. The summed E-state index contributed by atoms with van der Waals surface area (Å²) in [4.78, 5) is 6.36.